The van der Waals surface area contributed by atoms with E-state index in [2.05, 4.69) is 55.7 Å². The lowest BCUT2D eigenvalue weighted by Crippen LogP contribution is -2.42. The second-order valence-corrected chi connectivity index (χ2v) is 5.90. The number of rotatable bonds is 4. The average molecular weight is 247 g/mol. The second kappa shape index (κ2) is 4.79. The maximum absolute atomic E-state index is 3.40. The van der Waals surface area contributed by atoms with Gasteiger partial charge in [0.15, 0.2) is 0 Å². The standard InChI is InChI=1S/C15H21NS/c1-5-15(3,11(2)16-4)13-6-7-14-12(10-13)8-9-17-14/h6-11,16H,5H2,1-4H3. The van der Waals surface area contributed by atoms with Crippen LogP contribution in [0.25, 0.3) is 10.1 Å². The van der Waals surface area contributed by atoms with E-state index in [0.717, 1.165) is 6.42 Å². The number of hydrogen-bond donors (Lipinski definition) is 1. The van der Waals surface area contributed by atoms with Gasteiger partial charge >= 0.3 is 0 Å². The molecule has 1 aromatic heterocycles. The van der Waals surface area contributed by atoms with Gasteiger partial charge in [-0.25, -0.2) is 0 Å². The minimum Gasteiger partial charge on any atom is -0.316 e. The highest BCUT2D eigenvalue weighted by molar-refractivity contribution is 7.17. The summed E-state index contributed by atoms with van der Waals surface area (Å²) in [5.41, 5.74) is 1.64. The minimum atomic E-state index is 0.199. The third kappa shape index (κ3) is 2.12. The van der Waals surface area contributed by atoms with Gasteiger partial charge in [-0.15, -0.1) is 11.3 Å². The number of thiophene rings is 1. The van der Waals surface area contributed by atoms with Crippen LogP contribution in [0.5, 0.6) is 0 Å². The number of nitrogens with one attached hydrogen (secondary N) is 1. The molecular formula is C15H21NS. The third-order valence-electron chi connectivity index (χ3n) is 4.24. The zero-order chi connectivity index (χ0) is 12.5. The summed E-state index contributed by atoms with van der Waals surface area (Å²) in [5.74, 6) is 0. The van der Waals surface area contributed by atoms with Gasteiger partial charge in [-0.3, -0.25) is 0 Å². The van der Waals surface area contributed by atoms with Crippen molar-refractivity contribution in [3.8, 4) is 0 Å². The van der Waals surface area contributed by atoms with Gasteiger partial charge in [-0.1, -0.05) is 19.9 Å². The maximum atomic E-state index is 3.40. The third-order valence-corrected chi connectivity index (χ3v) is 5.13. The van der Waals surface area contributed by atoms with Crippen molar-refractivity contribution in [1.82, 2.24) is 5.32 Å². The Kier molecular flexibility index (Phi) is 3.55. The van der Waals surface area contributed by atoms with Gasteiger partial charge in [0, 0.05) is 16.2 Å². The van der Waals surface area contributed by atoms with Gasteiger partial charge in [0.05, 0.1) is 0 Å². The van der Waals surface area contributed by atoms with Crippen LogP contribution in [-0.2, 0) is 5.41 Å². The van der Waals surface area contributed by atoms with E-state index in [1.807, 2.05) is 18.4 Å². The quantitative estimate of drug-likeness (QED) is 0.854. The molecule has 0 aliphatic heterocycles. The predicted molar refractivity (Wildman–Crippen MR) is 78.0 cm³/mol. The smallest absolute Gasteiger partial charge is 0.0342 e. The van der Waals surface area contributed by atoms with Crippen LogP contribution in [0.4, 0.5) is 0 Å². The first-order chi connectivity index (χ1) is 8.11. The van der Waals surface area contributed by atoms with Crippen molar-refractivity contribution in [2.24, 2.45) is 0 Å². The molecular weight excluding hydrogens is 226 g/mol. The van der Waals surface area contributed by atoms with Crippen molar-refractivity contribution in [3.05, 3.63) is 35.2 Å². The molecule has 0 aliphatic rings. The van der Waals surface area contributed by atoms with Crippen LogP contribution in [0.15, 0.2) is 29.6 Å². The Morgan fingerprint density at radius 3 is 2.76 bits per heavy atom. The molecule has 0 amide bonds. The van der Waals surface area contributed by atoms with E-state index < -0.39 is 0 Å². The molecule has 1 aromatic carbocycles. The summed E-state index contributed by atoms with van der Waals surface area (Å²) in [4.78, 5) is 0. The molecule has 2 atom stereocenters. The number of hydrogen-bond acceptors (Lipinski definition) is 2. The maximum Gasteiger partial charge on any atom is 0.0342 e. The molecule has 2 unspecified atom stereocenters. The summed E-state index contributed by atoms with van der Waals surface area (Å²) in [7, 11) is 2.04. The average Bonchev–Trinajstić information content (AvgIpc) is 2.83. The van der Waals surface area contributed by atoms with Gasteiger partial charge in [0.1, 0.15) is 0 Å². The lowest BCUT2D eigenvalue weighted by atomic mass is 9.74. The molecule has 0 saturated carbocycles. The van der Waals surface area contributed by atoms with Gasteiger partial charge in [0.25, 0.3) is 0 Å². The van der Waals surface area contributed by atoms with Gasteiger partial charge < -0.3 is 5.32 Å². The molecule has 0 saturated heterocycles. The van der Waals surface area contributed by atoms with Crippen LogP contribution in [0, 0.1) is 0 Å². The fourth-order valence-corrected chi connectivity index (χ4v) is 3.17. The molecule has 0 spiro atoms. The van der Waals surface area contributed by atoms with Crippen LogP contribution in [0.3, 0.4) is 0 Å². The van der Waals surface area contributed by atoms with Crippen LogP contribution in [0.1, 0.15) is 32.8 Å². The Labute approximate surface area is 108 Å². The zero-order valence-corrected chi connectivity index (χ0v) is 11.9. The van der Waals surface area contributed by atoms with Crippen LogP contribution in [0.2, 0.25) is 0 Å². The Bertz CT molecular complexity index is 502. The van der Waals surface area contributed by atoms with Crippen LogP contribution >= 0.6 is 11.3 Å². The summed E-state index contributed by atoms with van der Waals surface area (Å²) in [6.45, 7) is 6.88. The molecule has 0 bridgehead atoms. The molecule has 2 rings (SSSR count). The summed E-state index contributed by atoms with van der Waals surface area (Å²) < 4.78 is 1.38. The van der Waals surface area contributed by atoms with Crippen molar-refractivity contribution in [1.29, 1.82) is 0 Å². The van der Waals surface area contributed by atoms with Gasteiger partial charge in [0.2, 0.25) is 0 Å². The first-order valence-corrected chi connectivity index (χ1v) is 7.14. The van der Waals surface area contributed by atoms with E-state index in [-0.39, 0.29) is 5.41 Å². The number of fused-ring (bicyclic) bond motifs is 1. The minimum absolute atomic E-state index is 0.199. The van der Waals surface area contributed by atoms with E-state index >= 15 is 0 Å². The molecule has 17 heavy (non-hydrogen) atoms. The molecule has 92 valence electrons. The van der Waals surface area contributed by atoms with Crippen LogP contribution in [-0.4, -0.2) is 13.1 Å². The summed E-state index contributed by atoms with van der Waals surface area (Å²) in [6.07, 6.45) is 1.14. The number of likely N-dealkylation sites (N-methyl/N-ethyl adjacent to an activating group) is 1. The Morgan fingerprint density at radius 1 is 1.35 bits per heavy atom. The topological polar surface area (TPSA) is 12.0 Å². The van der Waals surface area contributed by atoms with Gasteiger partial charge in [-0.2, -0.15) is 0 Å². The monoisotopic (exact) mass is 247 g/mol. The molecule has 1 nitrogen and oxygen atoms in total. The highest BCUT2D eigenvalue weighted by Gasteiger charge is 2.30. The second-order valence-electron chi connectivity index (χ2n) is 4.95. The summed E-state index contributed by atoms with van der Waals surface area (Å²) >= 11 is 1.81. The molecule has 1 N–H and O–H groups in total. The Morgan fingerprint density at radius 2 is 2.12 bits per heavy atom. The fraction of sp³-hybridized carbons (Fsp3) is 0.467. The van der Waals surface area contributed by atoms with Crippen molar-refractivity contribution in [3.63, 3.8) is 0 Å². The highest BCUT2D eigenvalue weighted by Crippen LogP contribution is 2.34. The Balaban J connectivity index is 2.48. The molecule has 0 aliphatic carbocycles. The van der Waals surface area contributed by atoms with Crippen molar-refractivity contribution < 1.29 is 0 Å². The normalized spacial score (nSPS) is 16.9. The predicted octanol–water partition coefficient (Wildman–Crippen LogP) is 4.18. The molecule has 0 radical (unpaired) electrons. The van der Waals surface area contributed by atoms with Crippen molar-refractivity contribution >= 4 is 21.4 Å². The largest absolute Gasteiger partial charge is 0.316 e. The lowest BCUT2D eigenvalue weighted by molar-refractivity contribution is 0.340. The first kappa shape index (κ1) is 12.6. The van der Waals surface area contributed by atoms with E-state index in [9.17, 15) is 0 Å². The van der Waals surface area contributed by atoms with E-state index in [0.29, 0.717) is 6.04 Å². The lowest BCUT2D eigenvalue weighted by Gasteiger charge is -2.35. The Hall–Kier alpha value is -0.860. The van der Waals surface area contributed by atoms with E-state index in [4.69, 9.17) is 0 Å². The molecule has 2 heteroatoms. The van der Waals surface area contributed by atoms with Gasteiger partial charge in [-0.05, 0) is 54.9 Å². The van der Waals surface area contributed by atoms with Crippen molar-refractivity contribution in [2.75, 3.05) is 7.05 Å². The molecule has 1 heterocycles. The SMILES string of the molecule is CCC(C)(c1ccc2sccc2c1)C(C)NC. The summed E-state index contributed by atoms with van der Waals surface area (Å²) in [5, 5.41) is 6.94. The molecule has 2 aromatic rings. The molecule has 0 fully saturated rings. The van der Waals surface area contributed by atoms with Crippen molar-refractivity contribution in [2.45, 2.75) is 38.6 Å². The first-order valence-electron chi connectivity index (χ1n) is 6.27. The zero-order valence-electron chi connectivity index (χ0n) is 11.1. The van der Waals surface area contributed by atoms with Crippen LogP contribution < -0.4 is 5.32 Å². The van der Waals surface area contributed by atoms with E-state index in [1.54, 1.807) is 0 Å². The summed E-state index contributed by atoms with van der Waals surface area (Å²) in [6, 6.07) is 9.58. The van der Waals surface area contributed by atoms with E-state index in [1.165, 1.54) is 15.6 Å². The fourth-order valence-electron chi connectivity index (χ4n) is 2.40. The highest BCUT2D eigenvalue weighted by atomic mass is 32.1. The number of benzene rings is 1.